The summed E-state index contributed by atoms with van der Waals surface area (Å²) < 4.78 is 0. The standard InChI is InChI=1S/C16H22N2O2/c19-11-10-18(12-16(20)17-8-3-9-17)15-7-6-13-4-1-2-5-14(13)15/h1-2,4-5,15,19H,3,6-12H2. The van der Waals surface area contributed by atoms with Gasteiger partial charge in [0.2, 0.25) is 5.91 Å². The van der Waals surface area contributed by atoms with Crippen LogP contribution in [0.25, 0.3) is 0 Å². The molecule has 1 atom stereocenters. The fraction of sp³-hybridized carbons (Fsp3) is 0.562. The summed E-state index contributed by atoms with van der Waals surface area (Å²) >= 11 is 0. The molecule has 0 spiro atoms. The molecule has 3 rings (SSSR count). The van der Waals surface area contributed by atoms with E-state index in [4.69, 9.17) is 0 Å². The van der Waals surface area contributed by atoms with Gasteiger partial charge in [0.1, 0.15) is 0 Å². The van der Waals surface area contributed by atoms with Crippen LogP contribution in [0.2, 0.25) is 0 Å². The molecule has 108 valence electrons. The lowest BCUT2D eigenvalue weighted by atomic mass is 10.1. The van der Waals surface area contributed by atoms with Crippen LogP contribution in [0.15, 0.2) is 24.3 Å². The zero-order chi connectivity index (χ0) is 13.9. The van der Waals surface area contributed by atoms with Gasteiger partial charge in [-0.15, -0.1) is 0 Å². The Kier molecular flexibility index (Phi) is 4.03. The zero-order valence-electron chi connectivity index (χ0n) is 11.8. The summed E-state index contributed by atoms with van der Waals surface area (Å²) in [6.07, 6.45) is 3.24. The van der Waals surface area contributed by atoms with E-state index in [0.717, 1.165) is 32.4 Å². The number of aryl methyl sites for hydroxylation is 1. The summed E-state index contributed by atoms with van der Waals surface area (Å²) in [6, 6.07) is 8.74. The molecule has 0 radical (unpaired) electrons. The largest absolute Gasteiger partial charge is 0.395 e. The number of hydrogen-bond donors (Lipinski definition) is 1. The lowest BCUT2D eigenvalue weighted by molar-refractivity contribution is -0.136. The van der Waals surface area contributed by atoms with Crippen molar-refractivity contribution >= 4 is 5.91 Å². The number of likely N-dealkylation sites (tertiary alicyclic amines) is 1. The highest BCUT2D eigenvalue weighted by molar-refractivity contribution is 5.79. The van der Waals surface area contributed by atoms with E-state index < -0.39 is 0 Å². The number of hydrogen-bond acceptors (Lipinski definition) is 3. The lowest BCUT2D eigenvalue weighted by Gasteiger charge is -2.35. The average Bonchev–Trinajstić information content (AvgIpc) is 2.80. The van der Waals surface area contributed by atoms with Gasteiger partial charge in [-0.3, -0.25) is 9.69 Å². The van der Waals surface area contributed by atoms with Crippen LogP contribution in [0.5, 0.6) is 0 Å². The number of carbonyl (C=O) groups is 1. The number of fused-ring (bicyclic) bond motifs is 1. The molecule has 1 heterocycles. The van der Waals surface area contributed by atoms with Gasteiger partial charge in [-0.2, -0.15) is 0 Å². The van der Waals surface area contributed by atoms with Crippen molar-refractivity contribution in [3.8, 4) is 0 Å². The topological polar surface area (TPSA) is 43.8 Å². The average molecular weight is 274 g/mol. The third-order valence-electron chi connectivity index (χ3n) is 4.48. The van der Waals surface area contributed by atoms with Crippen LogP contribution in [0, 0.1) is 0 Å². The number of amides is 1. The first-order valence-corrected chi connectivity index (χ1v) is 7.50. The molecule has 1 aromatic rings. The van der Waals surface area contributed by atoms with E-state index in [-0.39, 0.29) is 18.6 Å². The molecular weight excluding hydrogens is 252 g/mol. The van der Waals surface area contributed by atoms with Crippen LogP contribution in [-0.2, 0) is 11.2 Å². The van der Waals surface area contributed by atoms with Crippen molar-refractivity contribution in [2.75, 3.05) is 32.8 Å². The molecule has 4 heteroatoms. The summed E-state index contributed by atoms with van der Waals surface area (Å²) in [4.78, 5) is 16.2. The van der Waals surface area contributed by atoms with Gasteiger partial charge >= 0.3 is 0 Å². The zero-order valence-corrected chi connectivity index (χ0v) is 11.8. The van der Waals surface area contributed by atoms with Crippen LogP contribution >= 0.6 is 0 Å². The minimum atomic E-state index is 0.103. The summed E-state index contributed by atoms with van der Waals surface area (Å²) in [6.45, 7) is 2.89. The number of carbonyl (C=O) groups excluding carboxylic acids is 1. The molecule has 0 bridgehead atoms. The van der Waals surface area contributed by atoms with Crippen molar-refractivity contribution < 1.29 is 9.90 Å². The lowest BCUT2D eigenvalue weighted by Crippen LogP contribution is -2.48. The van der Waals surface area contributed by atoms with Crippen molar-refractivity contribution in [3.63, 3.8) is 0 Å². The van der Waals surface area contributed by atoms with Crippen molar-refractivity contribution in [3.05, 3.63) is 35.4 Å². The molecule has 1 unspecified atom stereocenters. The second-order valence-corrected chi connectivity index (χ2v) is 5.68. The summed E-state index contributed by atoms with van der Waals surface area (Å²) in [7, 11) is 0. The highest BCUT2D eigenvalue weighted by Gasteiger charge is 2.30. The predicted octanol–water partition coefficient (Wildman–Crippen LogP) is 1.20. The predicted molar refractivity (Wildman–Crippen MR) is 77.4 cm³/mol. The Labute approximate surface area is 120 Å². The molecule has 0 saturated carbocycles. The van der Waals surface area contributed by atoms with E-state index >= 15 is 0 Å². The van der Waals surface area contributed by atoms with Gasteiger partial charge in [-0.25, -0.2) is 0 Å². The van der Waals surface area contributed by atoms with Crippen molar-refractivity contribution in [2.24, 2.45) is 0 Å². The number of benzene rings is 1. The molecule has 1 aromatic carbocycles. The number of nitrogens with zero attached hydrogens (tertiary/aromatic N) is 2. The maximum absolute atomic E-state index is 12.2. The van der Waals surface area contributed by atoms with Crippen molar-refractivity contribution in [2.45, 2.75) is 25.3 Å². The molecular formula is C16H22N2O2. The second-order valence-electron chi connectivity index (χ2n) is 5.68. The second kappa shape index (κ2) is 5.94. The van der Waals surface area contributed by atoms with Crippen LogP contribution in [-0.4, -0.2) is 53.6 Å². The first kappa shape index (κ1) is 13.6. The molecule has 2 aliphatic rings. The highest BCUT2D eigenvalue weighted by Crippen LogP contribution is 2.35. The molecule has 1 saturated heterocycles. The quantitative estimate of drug-likeness (QED) is 0.877. The monoisotopic (exact) mass is 274 g/mol. The highest BCUT2D eigenvalue weighted by atomic mass is 16.3. The third kappa shape index (κ3) is 2.58. The van der Waals surface area contributed by atoms with Crippen LogP contribution < -0.4 is 0 Å². The maximum atomic E-state index is 12.2. The maximum Gasteiger partial charge on any atom is 0.236 e. The number of aliphatic hydroxyl groups is 1. The molecule has 1 fully saturated rings. The molecule has 1 N–H and O–H groups in total. The van der Waals surface area contributed by atoms with Gasteiger partial charge in [-0.05, 0) is 30.4 Å². The number of aliphatic hydroxyl groups excluding tert-OH is 1. The Bertz CT molecular complexity index is 485. The Morgan fingerprint density at radius 2 is 2.15 bits per heavy atom. The number of rotatable bonds is 5. The van der Waals surface area contributed by atoms with Crippen molar-refractivity contribution in [1.29, 1.82) is 0 Å². The van der Waals surface area contributed by atoms with Gasteiger partial charge in [0, 0.05) is 25.7 Å². The van der Waals surface area contributed by atoms with Crippen LogP contribution in [0.3, 0.4) is 0 Å². The third-order valence-corrected chi connectivity index (χ3v) is 4.48. The van der Waals surface area contributed by atoms with E-state index in [1.807, 2.05) is 4.90 Å². The summed E-state index contributed by atoms with van der Waals surface area (Å²) in [5.74, 6) is 0.203. The smallest absolute Gasteiger partial charge is 0.236 e. The van der Waals surface area contributed by atoms with E-state index in [9.17, 15) is 9.90 Å². The van der Waals surface area contributed by atoms with E-state index in [1.165, 1.54) is 11.1 Å². The van der Waals surface area contributed by atoms with Gasteiger partial charge in [-0.1, -0.05) is 24.3 Å². The van der Waals surface area contributed by atoms with Gasteiger partial charge in [0.25, 0.3) is 0 Å². The van der Waals surface area contributed by atoms with Crippen LogP contribution in [0.4, 0.5) is 0 Å². The molecule has 0 aromatic heterocycles. The normalized spacial score (nSPS) is 20.9. The minimum absolute atomic E-state index is 0.103. The van der Waals surface area contributed by atoms with Crippen molar-refractivity contribution in [1.82, 2.24) is 9.80 Å². The van der Waals surface area contributed by atoms with E-state index in [1.54, 1.807) is 0 Å². The van der Waals surface area contributed by atoms with Crippen LogP contribution in [0.1, 0.15) is 30.0 Å². The SMILES string of the molecule is O=C(CN(CCO)C1CCc2ccccc21)N1CCC1. The molecule has 1 aliphatic heterocycles. The Morgan fingerprint density at radius 3 is 2.85 bits per heavy atom. The Balaban J connectivity index is 1.72. The van der Waals surface area contributed by atoms with E-state index in [0.29, 0.717) is 13.1 Å². The molecule has 4 nitrogen and oxygen atoms in total. The minimum Gasteiger partial charge on any atom is -0.395 e. The fourth-order valence-corrected chi connectivity index (χ4v) is 3.23. The first-order chi connectivity index (χ1) is 9.79. The van der Waals surface area contributed by atoms with E-state index in [2.05, 4.69) is 29.2 Å². The van der Waals surface area contributed by atoms with Gasteiger partial charge < -0.3 is 10.0 Å². The Morgan fingerprint density at radius 1 is 1.35 bits per heavy atom. The molecule has 1 amide bonds. The first-order valence-electron chi connectivity index (χ1n) is 7.50. The fourth-order valence-electron chi connectivity index (χ4n) is 3.23. The van der Waals surface area contributed by atoms with Gasteiger partial charge in [0.05, 0.1) is 13.2 Å². The van der Waals surface area contributed by atoms with Gasteiger partial charge in [0.15, 0.2) is 0 Å². The summed E-state index contributed by atoms with van der Waals surface area (Å²) in [5.41, 5.74) is 2.72. The molecule has 20 heavy (non-hydrogen) atoms. The molecule has 1 aliphatic carbocycles. The summed E-state index contributed by atoms with van der Waals surface area (Å²) in [5, 5.41) is 9.30. The Hall–Kier alpha value is -1.39.